The van der Waals surface area contributed by atoms with Crippen LogP contribution in [-0.2, 0) is 11.2 Å². The van der Waals surface area contributed by atoms with Gasteiger partial charge in [-0.3, -0.25) is 0 Å². The molecule has 0 atom stereocenters. The molecule has 0 radical (unpaired) electrons. The first-order chi connectivity index (χ1) is 8.10. The van der Waals surface area contributed by atoms with Gasteiger partial charge in [-0.05, 0) is 35.6 Å². The minimum Gasteiger partial charge on any atom is -0.465 e. The van der Waals surface area contributed by atoms with Crippen LogP contribution in [0.15, 0.2) is 16.9 Å². The summed E-state index contributed by atoms with van der Waals surface area (Å²) in [5.74, 6) is -1.38. The first-order valence-corrected chi connectivity index (χ1v) is 5.78. The number of benzene rings is 1. The molecule has 1 aromatic carbocycles. The zero-order valence-electron chi connectivity index (χ0n) is 9.02. The normalized spacial score (nSPS) is 16.1. The Balaban J connectivity index is 2.72. The quantitative estimate of drug-likeness (QED) is 0.741. The van der Waals surface area contributed by atoms with Gasteiger partial charge in [0.2, 0.25) is 0 Å². The first-order valence-electron chi connectivity index (χ1n) is 4.99. The minimum atomic E-state index is -0.730. The summed E-state index contributed by atoms with van der Waals surface area (Å²) in [5, 5.41) is 0. The Morgan fingerprint density at radius 3 is 2.82 bits per heavy atom. The lowest BCUT2D eigenvalue weighted by Gasteiger charge is -2.10. The van der Waals surface area contributed by atoms with Gasteiger partial charge in [0, 0.05) is 4.47 Å². The largest absolute Gasteiger partial charge is 0.465 e. The average Bonchev–Trinajstić information content (AvgIpc) is 2.72. The molecule has 2 nitrogen and oxygen atoms in total. The molecule has 17 heavy (non-hydrogen) atoms. The number of carbonyl (C=O) groups excluding carboxylic acids is 1. The molecule has 0 aliphatic heterocycles. The smallest absolute Gasteiger partial charge is 0.341 e. The zero-order valence-corrected chi connectivity index (χ0v) is 10.6. The van der Waals surface area contributed by atoms with E-state index < -0.39 is 11.8 Å². The molecule has 0 saturated heterocycles. The molecule has 0 unspecified atom stereocenters. The molecule has 0 fully saturated rings. The summed E-state index contributed by atoms with van der Waals surface area (Å²) < 4.78 is 31.4. The number of hydrogen-bond donors (Lipinski definition) is 0. The number of carbonyl (C=O) groups is 1. The molecule has 0 amide bonds. The minimum absolute atomic E-state index is 0.0949. The number of rotatable bonds is 1. The Bertz CT molecular complexity index is 524. The standard InChI is InChI=1S/C12H9BrF2O2/c1-17-12(16)11-7-3-2-6(5-14)10(7)8(13)4-9(11)15/h4-5H,2-3H2,1H3. The summed E-state index contributed by atoms with van der Waals surface area (Å²) in [6, 6.07) is 1.17. The van der Waals surface area contributed by atoms with Crippen molar-refractivity contribution in [1.29, 1.82) is 0 Å². The van der Waals surface area contributed by atoms with E-state index in [4.69, 9.17) is 0 Å². The Morgan fingerprint density at radius 2 is 2.24 bits per heavy atom. The first kappa shape index (κ1) is 12.2. The highest BCUT2D eigenvalue weighted by atomic mass is 79.9. The van der Waals surface area contributed by atoms with Crippen molar-refractivity contribution in [2.45, 2.75) is 12.8 Å². The third-order valence-electron chi connectivity index (χ3n) is 2.82. The molecule has 5 heteroatoms. The van der Waals surface area contributed by atoms with E-state index >= 15 is 0 Å². The molecular weight excluding hydrogens is 294 g/mol. The van der Waals surface area contributed by atoms with E-state index in [1.807, 2.05) is 0 Å². The number of ether oxygens (including phenoxy) is 1. The maximum atomic E-state index is 13.7. The summed E-state index contributed by atoms with van der Waals surface area (Å²) in [5.41, 5.74) is 1.45. The van der Waals surface area contributed by atoms with Crippen molar-refractivity contribution in [3.05, 3.63) is 39.4 Å². The van der Waals surface area contributed by atoms with Crippen LogP contribution in [0.5, 0.6) is 0 Å². The fourth-order valence-electron chi connectivity index (χ4n) is 2.08. The van der Waals surface area contributed by atoms with Crippen molar-refractivity contribution in [2.75, 3.05) is 7.11 Å². The van der Waals surface area contributed by atoms with Crippen molar-refractivity contribution in [1.82, 2.24) is 0 Å². The lowest BCUT2D eigenvalue weighted by Crippen LogP contribution is -2.09. The fraction of sp³-hybridized carbons (Fsp3) is 0.250. The molecule has 90 valence electrons. The lowest BCUT2D eigenvalue weighted by atomic mass is 10.0. The van der Waals surface area contributed by atoms with Crippen LogP contribution >= 0.6 is 15.9 Å². The second-order valence-electron chi connectivity index (χ2n) is 3.69. The fourth-order valence-corrected chi connectivity index (χ4v) is 2.78. The van der Waals surface area contributed by atoms with E-state index in [1.165, 1.54) is 13.2 Å². The second-order valence-corrected chi connectivity index (χ2v) is 4.55. The molecule has 0 N–H and O–H groups in total. The maximum absolute atomic E-state index is 13.7. The van der Waals surface area contributed by atoms with Gasteiger partial charge >= 0.3 is 5.97 Å². The number of fused-ring (bicyclic) bond motifs is 1. The van der Waals surface area contributed by atoms with Gasteiger partial charge in [-0.2, -0.15) is 0 Å². The Labute approximate surface area is 105 Å². The Hall–Kier alpha value is -1.23. The van der Waals surface area contributed by atoms with E-state index in [2.05, 4.69) is 20.7 Å². The van der Waals surface area contributed by atoms with E-state index in [9.17, 15) is 13.6 Å². The summed E-state index contributed by atoms with van der Waals surface area (Å²) in [4.78, 5) is 11.5. The van der Waals surface area contributed by atoms with Gasteiger partial charge in [0.15, 0.2) is 0 Å². The Kier molecular flexibility index (Phi) is 3.28. The number of hydrogen-bond acceptors (Lipinski definition) is 2. The summed E-state index contributed by atoms with van der Waals surface area (Å²) >= 11 is 3.18. The van der Waals surface area contributed by atoms with E-state index in [0.717, 1.165) is 0 Å². The van der Waals surface area contributed by atoms with Crippen LogP contribution in [0.3, 0.4) is 0 Å². The van der Waals surface area contributed by atoms with E-state index in [0.29, 0.717) is 40.3 Å². The van der Waals surface area contributed by atoms with Crippen LogP contribution in [0.1, 0.15) is 27.9 Å². The van der Waals surface area contributed by atoms with Crippen molar-refractivity contribution >= 4 is 27.5 Å². The van der Waals surface area contributed by atoms with Crippen LogP contribution in [0, 0.1) is 5.82 Å². The van der Waals surface area contributed by atoms with Crippen molar-refractivity contribution < 1.29 is 18.3 Å². The van der Waals surface area contributed by atoms with E-state index in [-0.39, 0.29) is 5.56 Å². The second kappa shape index (κ2) is 4.56. The molecule has 0 bridgehead atoms. The molecule has 1 aliphatic rings. The molecule has 1 aliphatic carbocycles. The zero-order chi connectivity index (χ0) is 12.6. The lowest BCUT2D eigenvalue weighted by molar-refractivity contribution is 0.0594. The summed E-state index contributed by atoms with van der Waals surface area (Å²) in [7, 11) is 1.19. The van der Waals surface area contributed by atoms with Crippen LogP contribution in [0.25, 0.3) is 5.57 Å². The SMILES string of the molecule is COC(=O)c1c(F)cc(Br)c2c1CCC2=CF. The van der Waals surface area contributed by atoms with Crippen molar-refractivity contribution in [2.24, 2.45) is 0 Å². The maximum Gasteiger partial charge on any atom is 0.341 e. The predicted octanol–water partition coefficient (Wildman–Crippen LogP) is 3.63. The number of esters is 1. The molecule has 0 saturated carbocycles. The monoisotopic (exact) mass is 302 g/mol. The summed E-state index contributed by atoms with van der Waals surface area (Å²) in [6.45, 7) is 0. The highest BCUT2D eigenvalue weighted by molar-refractivity contribution is 9.10. The van der Waals surface area contributed by atoms with Crippen LogP contribution in [0.4, 0.5) is 8.78 Å². The predicted molar refractivity (Wildman–Crippen MR) is 62.8 cm³/mol. The molecule has 1 aromatic rings. The third kappa shape index (κ3) is 1.88. The molecule has 0 spiro atoms. The van der Waals surface area contributed by atoms with Crippen molar-refractivity contribution in [3.8, 4) is 0 Å². The van der Waals surface area contributed by atoms with Gasteiger partial charge in [-0.1, -0.05) is 15.9 Å². The molecular formula is C12H9BrF2O2. The van der Waals surface area contributed by atoms with Crippen LogP contribution < -0.4 is 0 Å². The number of methoxy groups -OCH3 is 1. The number of allylic oxidation sites excluding steroid dienone is 1. The summed E-state index contributed by atoms with van der Waals surface area (Å²) in [6.07, 6.45) is 1.39. The van der Waals surface area contributed by atoms with Crippen molar-refractivity contribution in [3.63, 3.8) is 0 Å². The molecule has 2 rings (SSSR count). The number of halogens is 3. The van der Waals surface area contributed by atoms with Gasteiger partial charge < -0.3 is 4.74 Å². The molecule has 0 heterocycles. The topological polar surface area (TPSA) is 26.3 Å². The van der Waals surface area contributed by atoms with Crippen LogP contribution in [-0.4, -0.2) is 13.1 Å². The molecule has 0 aromatic heterocycles. The van der Waals surface area contributed by atoms with Gasteiger partial charge in [0.05, 0.1) is 19.0 Å². The highest BCUT2D eigenvalue weighted by Gasteiger charge is 2.28. The van der Waals surface area contributed by atoms with Gasteiger partial charge in [-0.15, -0.1) is 0 Å². The average molecular weight is 303 g/mol. The Morgan fingerprint density at radius 1 is 1.53 bits per heavy atom. The van der Waals surface area contributed by atoms with Gasteiger partial charge in [0.25, 0.3) is 0 Å². The van der Waals surface area contributed by atoms with Crippen LogP contribution in [0.2, 0.25) is 0 Å². The van der Waals surface area contributed by atoms with Gasteiger partial charge in [-0.25, -0.2) is 13.6 Å². The van der Waals surface area contributed by atoms with E-state index in [1.54, 1.807) is 0 Å². The third-order valence-corrected chi connectivity index (χ3v) is 3.45. The highest BCUT2D eigenvalue weighted by Crippen LogP contribution is 2.40. The van der Waals surface area contributed by atoms with Gasteiger partial charge in [0.1, 0.15) is 5.82 Å².